The van der Waals surface area contributed by atoms with Crippen LogP contribution in [0.3, 0.4) is 0 Å². The molecule has 1 saturated heterocycles. The Morgan fingerprint density at radius 3 is 2.79 bits per heavy atom. The number of hydrogen-bond donors (Lipinski definition) is 2. The molecule has 3 rings (SSSR count). The first kappa shape index (κ1) is 22.2. The van der Waals surface area contributed by atoms with Crippen molar-refractivity contribution in [2.24, 2.45) is 0 Å². The third kappa shape index (κ3) is 6.51. The third-order valence-electron chi connectivity index (χ3n) is 4.67. The molecule has 1 aromatic heterocycles. The predicted molar refractivity (Wildman–Crippen MR) is 112 cm³/mol. The van der Waals surface area contributed by atoms with Gasteiger partial charge in [-0.25, -0.2) is 0 Å². The van der Waals surface area contributed by atoms with Crippen LogP contribution in [0.4, 0.5) is 0 Å². The molecular formula is C20H30ClN5O2. The summed E-state index contributed by atoms with van der Waals surface area (Å²) in [5.41, 5.74) is 1.49. The first-order valence-corrected chi connectivity index (χ1v) is 9.52. The average Bonchev–Trinajstić information content (AvgIpc) is 3.18. The van der Waals surface area contributed by atoms with E-state index in [-0.39, 0.29) is 18.3 Å². The van der Waals surface area contributed by atoms with Crippen LogP contribution in [0.25, 0.3) is 0 Å². The molecule has 1 atom stereocenters. The highest BCUT2D eigenvalue weighted by Gasteiger charge is 2.17. The van der Waals surface area contributed by atoms with E-state index >= 15 is 0 Å². The number of benzene rings is 1. The minimum Gasteiger partial charge on any atom is -0.492 e. The van der Waals surface area contributed by atoms with Crippen LogP contribution in [0.1, 0.15) is 34.9 Å². The number of carbonyl (C=O) groups excluding carboxylic acids is 1. The van der Waals surface area contributed by atoms with Gasteiger partial charge in [0.2, 0.25) is 0 Å². The van der Waals surface area contributed by atoms with Crippen LogP contribution in [-0.2, 0) is 6.54 Å². The van der Waals surface area contributed by atoms with Gasteiger partial charge in [0.05, 0.1) is 6.04 Å². The monoisotopic (exact) mass is 407 g/mol. The van der Waals surface area contributed by atoms with Crippen molar-refractivity contribution in [1.82, 2.24) is 25.3 Å². The Morgan fingerprint density at radius 1 is 1.32 bits per heavy atom. The Kier molecular flexibility index (Phi) is 8.76. The van der Waals surface area contributed by atoms with Crippen molar-refractivity contribution < 1.29 is 9.53 Å². The molecule has 2 aromatic rings. The molecule has 28 heavy (non-hydrogen) atoms. The Balaban J connectivity index is 0.00000280. The molecule has 2 heterocycles. The summed E-state index contributed by atoms with van der Waals surface area (Å²) in [5, 5.41) is 10.7. The number of carbonyl (C=O) groups is 1. The van der Waals surface area contributed by atoms with Gasteiger partial charge >= 0.3 is 0 Å². The topological polar surface area (TPSA) is 71.4 Å². The molecule has 8 heteroatoms. The van der Waals surface area contributed by atoms with Crippen molar-refractivity contribution in [2.45, 2.75) is 25.4 Å². The zero-order valence-corrected chi connectivity index (χ0v) is 17.4. The van der Waals surface area contributed by atoms with Crippen LogP contribution < -0.4 is 15.4 Å². The summed E-state index contributed by atoms with van der Waals surface area (Å²) < 4.78 is 7.58. The number of nitrogens with one attached hydrogen (secondary N) is 2. The van der Waals surface area contributed by atoms with Crippen LogP contribution >= 0.6 is 12.4 Å². The Bertz CT molecular complexity index is 726. The molecule has 0 bridgehead atoms. The lowest BCUT2D eigenvalue weighted by atomic mass is 10.1. The fourth-order valence-electron chi connectivity index (χ4n) is 3.04. The molecule has 1 amide bonds. The SMILES string of the molecule is CN(C)CCOc1ccc(CNC(=O)c2ccn(C3CCCNC3)n2)cc1.Cl. The number of halogens is 1. The molecule has 1 fully saturated rings. The maximum Gasteiger partial charge on any atom is 0.272 e. The summed E-state index contributed by atoms with van der Waals surface area (Å²) in [6.45, 7) is 3.97. The van der Waals surface area contributed by atoms with Gasteiger partial charge in [-0.2, -0.15) is 5.10 Å². The molecule has 7 nitrogen and oxygen atoms in total. The van der Waals surface area contributed by atoms with E-state index in [4.69, 9.17) is 4.74 Å². The van der Waals surface area contributed by atoms with Gasteiger partial charge in [0.25, 0.3) is 5.91 Å². The largest absolute Gasteiger partial charge is 0.492 e. The van der Waals surface area contributed by atoms with E-state index in [1.807, 2.05) is 49.2 Å². The van der Waals surface area contributed by atoms with E-state index in [9.17, 15) is 4.79 Å². The van der Waals surface area contributed by atoms with E-state index in [1.165, 1.54) is 0 Å². The fraction of sp³-hybridized carbons (Fsp3) is 0.500. The zero-order chi connectivity index (χ0) is 19.1. The number of piperidine rings is 1. The molecule has 1 aliphatic rings. The summed E-state index contributed by atoms with van der Waals surface area (Å²) in [6.07, 6.45) is 4.13. The second-order valence-corrected chi connectivity index (χ2v) is 7.16. The lowest BCUT2D eigenvalue weighted by Crippen LogP contribution is -2.32. The fourth-order valence-corrected chi connectivity index (χ4v) is 3.04. The Labute approximate surface area is 172 Å². The number of hydrogen-bond acceptors (Lipinski definition) is 5. The van der Waals surface area contributed by atoms with Crippen LogP contribution in [0, 0.1) is 0 Å². The standard InChI is InChI=1S/C20H29N5O2.ClH/c1-24(2)12-13-27-18-7-5-16(6-8-18)14-22-20(26)19-9-11-25(23-19)17-4-3-10-21-15-17;/h5-9,11,17,21H,3-4,10,12-15H2,1-2H3,(H,22,26);1H. The summed E-state index contributed by atoms with van der Waals surface area (Å²) in [5.74, 6) is 0.690. The molecule has 1 unspecified atom stereocenters. The molecule has 0 spiro atoms. The van der Waals surface area contributed by atoms with E-state index in [0.29, 0.717) is 24.9 Å². The highest BCUT2D eigenvalue weighted by Crippen LogP contribution is 2.16. The van der Waals surface area contributed by atoms with E-state index < -0.39 is 0 Å². The van der Waals surface area contributed by atoms with E-state index in [0.717, 1.165) is 43.8 Å². The Morgan fingerprint density at radius 2 is 2.11 bits per heavy atom. The maximum atomic E-state index is 12.4. The number of amides is 1. The van der Waals surface area contributed by atoms with Crippen LogP contribution in [0.15, 0.2) is 36.5 Å². The van der Waals surface area contributed by atoms with Crippen molar-refractivity contribution in [3.8, 4) is 5.75 Å². The number of likely N-dealkylation sites (N-methyl/N-ethyl adjacent to an activating group) is 1. The van der Waals surface area contributed by atoms with Gasteiger partial charge < -0.3 is 20.3 Å². The summed E-state index contributed by atoms with van der Waals surface area (Å²) in [7, 11) is 4.04. The first-order valence-electron chi connectivity index (χ1n) is 9.52. The zero-order valence-electron chi connectivity index (χ0n) is 16.6. The molecule has 0 aliphatic carbocycles. The number of aromatic nitrogens is 2. The normalized spacial score (nSPS) is 16.5. The van der Waals surface area contributed by atoms with Crippen molar-refractivity contribution in [3.63, 3.8) is 0 Å². The van der Waals surface area contributed by atoms with Gasteiger partial charge in [-0.05, 0) is 57.2 Å². The van der Waals surface area contributed by atoms with Gasteiger partial charge in [0, 0.05) is 25.8 Å². The number of nitrogens with zero attached hydrogens (tertiary/aromatic N) is 3. The van der Waals surface area contributed by atoms with Crippen molar-refractivity contribution in [1.29, 1.82) is 0 Å². The van der Waals surface area contributed by atoms with E-state index in [2.05, 4.69) is 20.6 Å². The third-order valence-corrected chi connectivity index (χ3v) is 4.67. The van der Waals surface area contributed by atoms with Gasteiger partial charge in [-0.3, -0.25) is 9.48 Å². The minimum atomic E-state index is -0.149. The lowest BCUT2D eigenvalue weighted by Gasteiger charge is -2.22. The van der Waals surface area contributed by atoms with Crippen molar-refractivity contribution >= 4 is 18.3 Å². The van der Waals surface area contributed by atoms with Crippen molar-refractivity contribution in [3.05, 3.63) is 47.8 Å². The second-order valence-electron chi connectivity index (χ2n) is 7.16. The van der Waals surface area contributed by atoms with Gasteiger partial charge in [0.1, 0.15) is 18.1 Å². The van der Waals surface area contributed by atoms with Gasteiger partial charge in [-0.15, -0.1) is 12.4 Å². The molecule has 1 aromatic carbocycles. The predicted octanol–water partition coefficient (Wildman–Crippen LogP) is 2.10. The highest BCUT2D eigenvalue weighted by molar-refractivity contribution is 5.92. The van der Waals surface area contributed by atoms with Gasteiger partial charge in [0.15, 0.2) is 0 Å². The molecule has 2 N–H and O–H groups in total. The second kappa shape index (κ2) is 11.0. The quantitative estimate of drug-likeness (QED) is 0.701. The summed E-state index contributed by atoms with van der Waals surface area (Å²) in [6, 6.07) is 9.92. The molecule has 1 aliphatic heterocycles. The summed E-state index contributed by atoms with van der Waals surface area (Å²) >= 11 is 0. The number of rotatable bonds is 8. The molecule has 0 radical (unpaired) electrons. The van der Waals surface area contributed by atoms with Crippen molar-refractivity contribution in [2.75, 3.05) is 40.3 Å². The Hall–Kier alpha value is -2.09. The first-order chi connectivity index (χ1) is 13.1. The lowest BCUT2D eigenvalue weighted by molar-refractivity contribution is 0.0944. The van der Waals surface area contributed by atoms with Gasteiger partial charge in [-0.1, -0.05) is 12.1 Å². The van der Waals surface area contributed by atoms with Crippen LogP contribution in [0.2, 0.25) is 0 Å². The maximum absolute atomic E-state index is 12.4. The van der Waals surface area contributed by atoms with Crippen LogP contribution in [-0.4, -0.2) is 60.9 Å². The smallest absolute Gasteiger partial charge is 0.272 e. The average molecular weight is 408 g/mol. The number of ether oxygens (including phenoxy) is 1. The van der Waals surface area contributed by atoms with Crippen LogP contribution in [0.5, 0.6) is 5.75 Å². The minimum absolute atomic E-state index is 0. The highest BCUT2D eigenvalue weighted by atomic mass is 35.5. The molecular weight excluding hydrogens is 378 g/mol. The molecule has 0 saturated carbocycles. The van der Waals surface area contributed by atoms with E-state index in [1.54, 1.807) is 6.07 Å². The summed E-state index contributed by atoms with van der Waals surface area (Å²) in [4.78, 5) is 14.4. The molecule has 154 valence electrons.